The zero-order chi connectivity index (χ0) is 27.1. The molecule has 2 atom stereocenters. The number of aryl methyl sites for hydroxylation is 1. The molecule has 3 aliphatic rings. The summed E-state index contributed by atoms with van der Waals surface area (Å²) in [5, 5.41) is 4.54. The van der Waals surface area contributed by atoms with E-state index in [4.69, 9.17) is 37.7 Å². The molecule has 0 unspecified atom stereocenters. The Morgan fingerprint density at radius 3 is 2.67 bits per heavy atom. The maximum absolute atomic E-state index is 12.6. The van der Waals surface area contributed by atoms with E-state index in [1.165, 1.54) is 5.56 Å². The number of ether oxygens (including phenoxy) is 2. The minimum absolute atomic E-state index is 0.000473. The Labute approximate surface area is 239 Å². The maximum atomic E-state index is 12.6. The molecule has 2 saturated heterocycles. The molecule has 204 valence electrons. The zero-order valence-electron chi connectivity index (χ0n) is 22.2. The van der Waals surface area contributed by atoms with E-state index >= 15 is 0 Å². The summed E-state index contributed by atoms with van der Waals surface area (Å²) in [5.41, 5.74) is 5.57. The van der Waals surface area contributed by atoms with Crippen molar-refractivity contribution in [2.75, 3.05) is 47.0 Å². The van der Waals surface area contributed by atoms with Crippen molar-refractivity contribution in [1.29, 1.82) is 0 Å². The van der Waals surface area contributed by atoms with Gasteiger partial charge in [0.15, 0.2) is 0 Å². The average molecular weight is 568 g/mol. The number of nitrogens with one attached hydrogen (secondary N) is 1. The van der Waals surface area contributed by atoms with Gasteiger partial charge in [0.05, 0.1) is 30.0 Å². The molecular weight excluding hydrogens is 535 g/mol. The minimum Gasteiger partial charge on any atom is -0.481 e. The Balaban J connectivity index is 1.28. The number of aromatic nitrogens is 1. The second-order valence-electron chi connectivity index (χ2n) is 10.6. The molecule has 7 nitrogen and oxygen atoms in total. The van der Waals surface area contributed by atoms with Gasteiger partial charge in [-0.3, -0.25) is 4.90 Å². The van der Waals surface area contributed by atoms with Crippen LogP contribution in [0.5, 0.6) is 5.88 Å². The monoisotopic (exact) mass is 566 g/mol. The molecule has 1 aromatic heterocycles. The number of hydrogen-bond donors (Lipinski definition) is 1. The molecule has 6 rings (SSSR count). The van der Waals surface area contributed by atoms with E-state index < -0.39 is 0 Å². The molecule has 39 heavy (non-hydrogen) atoms. The number of fused-ring (bicyclic) bond motifs is 1. The summed E-state index contributed by atoms with van der Waals surface area (Å²) in [6.45, 7) is 3.58. The highest BCUT2D eigenvalue weighted by Gasteiger charge is 2.49. The van der Waals surface area contributed by atoms with Crippen LogP contribution in [0, 0.1) is 0 Å². The highest BCUT2D eigenvalue weighted by atomic mass is 35.5. The number of nitrogens with zero attached hydrogens (tertiary/aromatic N) is 3. The molecule has 2 fully saturated rings. The lowest BCUT2D eigenvalue weighted by molar-refractivity contribution is 0.158. The van der Waals surface area contributed by atoms with Crippen molar-refractivity contribution in [1.82, 2.24) is 20.1 Å². The lowest BCUT2D eigenvalue weighted by Gasteiger charge is -2.28. The number of carbonyl (C=O) groups is 1. The summed E-state index contributed by atoms with van der Waals surface area (Å²) in [6, 6.07) is 16.0. The summed E-state index contributed by atoms with van der Waals surface area (Å²) in [7, 11) is 3.34. The molecule has 1 N–H and O–H groups in total. The van der Waals surface area contributed by atoms with Crippen LogP contribution in [-0.2, 0) is 11.2 Å². The van der Waals surface area contributed by atoms with Gasteiger partial charge in [0.2, 0.25) is 5.88 Å². The van der Waals surface area contributed by atoms with E-state index in [1.54, 1.807) is 14.2 Å². The first kappa shape index (κ1) is 26.4. The fourth-order valence-electron chi connectivity index (χ4n) is 6.42. The fourth-order valence-corrected chi connectivity index (χ4v) is 6.99. The van der Waals surface area contributed by atoms with Gasteiger partial charge in [-0.15, -0.1) is 0 Å². The summed E-state index contributed by atoms with van der Waals surface area (Å²) >= 11 is 13.4. The van der Waals surface area contributed by atoms with Crippen molar-refractivity contribution in [3.05, 3.63) is 69.7 Å². The lowest BCUT2D eigenvalue weighted by atomic mass is 9.99. The van der Waals surface area contributed by atoms with Crippen LogP contribution in [0.15, 0.2) is 48.5 Å². The number of urea groups is 1. The Bertz CT molecular complexity index is 1420. The molecule has 2 amide bonds. The van der Waals surface area contributed by atoms with Gasteiger partial charge < -0.3 is 19.7 Å². The van der Waals surface area contributed by atoms with Crippen molar-refractivity contribution in [3.63, 3.8) is 0 Å². The maximum Gasteiger partial charge on any atom is 0.318 e. The van der Waals surface area contributed by atoms with E-state index in [0.717, 1.165) is 60.3 Å². The number of likely N-dealkylation sites (tertiary alicyclic amines) is 1. The van der Waals surface area contributed by atoms with Crippen LogP contribution in [-0.4, -0.2) is 73.4 Å². The number of amides is 2. The Morgan fingerprint density at radius 1 is 1.08 bits per heavy atom. The molecule has 9 heteroatoms. The summed E-state index contributed by atoms with van der Waals surface area (Å²) in [6.07, 6.45) is 2.84. The van der Waals surface area contributed by atoms with Crippen molar-refractivity contribution >= 4 is 29.2 Å². The highest BCUT2D eigenvalue weighted by molar-refractivity contribution is 6.38. The summed E-state index contributed by atoms with van der Waals surface area (Å²) < 4.78 is 11.1. The normalized spacial score (nSPS) is 22.5. The topological polar surface area (TPSA) is 66.9 Å². The van der Waals surface area contributed by atoms with E-state index in [9.17, 15) is 4.79 Å². The van der Waals surface area contributed by atoms with Crippen molar-refractivity contribution in [3.8, 4) is 28.3 Å². The molecule has 1 spiro atoms. The van der Waals surface area contributed by atoms with Gasteiger partial charge in [0.25, 0.3) is 0 Å². The number of rotatable bonds is 7. The van der Waals surface area contributed by atoms with Gasteiger partial charge in [0.1, 0.15) is 0 Å². The molecule has 3 heterocycles. The largest absolute Gasteiger partial charge is 0.481 e. The Kier molecular flexibility index (Phi) is 7.18. The van der Waals surface area contributed by atoms with Gasteiger partial charge in [-0.1, -0.05) is 59.6 Å². The first-order valence-corrected chi connectivity index (χ1v) is 14.1. The molecule has 0 radical (unpaired) electrons. The third kappa shape index (κ3) is 4.76. The van der Waals surface area contributed by atoms with Gasteiger partial charge in [-0.05, 0) is 37.0 Å². The minimum atomic E-state index is -0.221. The number of carbonyl (C=O) groups excluding carboxylic acids is 1. The SMILES string of the molecule is COCCN1C[C@@]2(CCN([C@@H]3CCc4cc(-c5cccc(-c6ccccc6Cl)c5Cl)nc(OC)c43)C2)NC1=O. The number of hydrogen-bond acceptors (Lipinski definition) is 5. The molecule has 2 aromatic carbocycles. The highest BCUT2D eigenvalue weighted by Crippen LogP contribution is 2.46. The van der Waals surface area contributed by atoms with Crippen LogP contribution in [0.1, 0.15) is 30.0 Å². The first-order chi connectivity index (χ1) is 18.9. The summed E-state index contributed by atoms with van der Waals surface area (Å²) in [5.74, 6) is 0.641. The number of benzene rings is 2. The zero-order valence-corrected chi connectivity index (χ0v) is 23.7. The van der Waals surface area contributed by atoms with E-state index in [1.807, 2.05) is 47.4 Å². The Hall–Kier alpha value is -2.84. The van der Waals surface area contributed by atoms with Crippen molar-refractivity contribution in [2.45, 2.75) is 30.8 Å². The molecule has 3 aromatic rings. The molecular formula is C30H32Cl2N4O3. The predicted molar refractivity (Wildman–Crippen MR) is 154 cm³/mol. The van der Waals surface area contributed by atoms with Gasteiger partial charge >= 0.3 is 6.03 Å². The predicted octanol–water partition coefficient (Wildman–Crippen LogP) is 5.83. The average Bonchev–Trinajstić information content (AvgIpc) is 3.63. The van der Waals surface area contributed by atoms with Crippen LogP contribution in [0.25, 0.3) is 22.4 Å². The van der Waals surface area contributed by atoms with E-state index in [-0.39, 0.29) is 17.6 Å². The second-order valence-corrected chi connectivity index (χ2v) is 11.4. The third-order valence-electron chi connectivity index (χ3n) is 8.30. The quantitative estimate of drug-likeness (QED) is 0.389. The van der Waals surface area contributed by atoms with Crippen molar-refractivity contribution in [2.24, 2.45) is 0 Å². The third-order valence-corrected chi connectivity index (χ3v) is 9.04. The first-order valence-electron chi connectivity index (χ1n) is 13.3. The van der Waals surface area contributed by atoms with Crippen LogP contribution < -0.4 is 10.1 Å². The number of halogens is 2. The van der Waals surface area contributed by atoms with Crippen LogP contribution >= 0.6 is 23.2 Å². The fraction of sp³-hybridized carbons (Fsp3) is 0.400. The molecule has 2 aliphatic heterocycles. The van der Waals surface area contributed by atoms with Crippen molar-refractivity contribution < 1.29 is 14.3 Å². The van der Waals surface area contributed by atoms with E-state index in [0.29, 0.717) is 35.6 Å². The van der Waals surface area contributed by atoms with Crippen LogP contribution in [0.3, 0.4) is 0 Å². The van der Waals surface area contributed by atoms with Gasteiger partial charge in [-0.2, -0.15) is 0 Å². The number of pyridine rings is 1. The molecule has 0 saturated carbocycles. The lowest BCUT2D eigenvalue weighted by Crippen LogP contribution is -2.46. The molecule has 0 bridgehead atoms. The van der Waals surface area contributed by atoms with Gasteiger partial charge in [-0.25, -0.2) is 9.78 Å². The second kappa shape index (κ2) is 10.6. The summed E-state index contributed by atoms with van der Waals surface area (Å²) in [4.78, 5) is 21.9. The standard InChI is InChI=1S/C30H32Cl2N4O3/c1-38-15-14-36-18-30(34-29(36)37)12-13-35(17-30)25-11-10-19-16-24(33-28(39-2)26(19)25)22-8-5-7-21(27(22)32)20-6-3-4-9-23(20)31/h3-9,16,25H,10-15,17-18H2,1-2H3,(H,34,37)/t25-,30+/m1/s1. The van der Waals surface area contributed by atoms with Crippen LogP contribution in [0.4, 0.5) is 4.79 Å². The Morgan fingerprint density at radius 2 is 1.87 bits per heavy atom. The van der Waals surface area contributed by atoms with Gasteiger partial charge in [0, 0.05) is 66.6 Å². The smallest absolute Gasteiger partial charge is 0.318 e. The van der Waals surface area contributed by atoms with Crippen LogP contribution in [0.2, 0.25) is 10.0 Å². The van der Waals surface area contributed by atoms with E-state index in [2.05, 4.69) is 16.3 Å². The molecule has 1 aliphatic carbocycles. The number of methoxy groups -OCH3 is 2.